The molecular formula is C14H13BrClN3O2S. The molecule has 2 N–H and O–H groups in total. The lowest BCUT2D eigenvalue weighted by Gasteiger charge is -2.31. The van der Waals surface area contributed by atoms with E-state index in [0.717, 1.165) is 22.0 Å². The molecule has 2 heterocycles. The monoisotopic (exact) mass is 401 g/mol. The molecule has 0 radical (unpaired) electrons. The molecule has 8 heteroatoms. The summed E-state index contributed by atoms with van der Waals surface area (Å²) in [4.78, 5) is 6.13. The predicted octanol–water partition coefficient (Wildman–Crippen LogP) is 2.71. The van der Waals surface area contributed by atoms with E-state index in [0.29, 0.717) is 23.9 Å². The molecular weight excluding hydrogens is 390 g/mol. The minimum absolute atomic E-state index is 0.0320. The van der Waals surface area contributed by atoms with Crippen molar-refractivity contribution in [3.63, 3.8) is 0 Å². The average Bonchev–Trinajstić information content (AvgIpc) is 2.50. The second-order valence-corrected chi connectivity index (χ2v) is 7.82. The Kier molecular flexibility index (Phi) is 4.15. The topological polar surface area (TPSA) is 76.3 Å². The molecule has 0 amide bonds. The molecule has 0 aliphatic carbocycles. The lowest BCUT2D eigenvalue weighted by Crippen LogP contribution is -2.33. The van der Waals surface area contributed by atoms with E-state index >= 15 is 0 Å². The van der Waals surface area contributed by atoms with Crippen molar-refractivity contribution >= 4 is 43.4 Å². The second kappa shape index (κ2) is 5.81. The lowest BCUT2D eigenvalue weighted by atomic mass is 10.00. The molecule has 22 heavy (non-hydrogen) atoms. The van der Waals surface area contributed by atoms with Gasteiger partial charge in [0.1, 0.15) is 10.7 Å². The van der Waals surface area contributed by atoms with Gasteiger partial charge in [0, 0.05) is 28.8 Å². The lowest BCUT2D eigenvalue weighted by molar-refractivity contribution is 0.596. The zero-order valence-corrected chi connectivity index (χ0v) is 14.6. The van der Waals surface area contributed by atoms with E-state index in [1.54, 1.807) is 12.3 Å². The largest absolute Gasteiger partial charge is 0.351 e. The molecule has 5 nitrogen and oxygen atoms in total. The number of benzene rings is 1. The number of pyridine rings is 1. The number of primary sulfonamides is 1. The van der Waals surface area contributed by atoms with Crippen molar-refractivity contribution < 1.29 is 8.42 Å². The molecule has 1 aliphatic heterocycles. The van der Waals surface area contributed by atoms with Crippen molar-refractivity contribution in [1.29, 1.82) is 0 Å². The third-order valence-electron chi connectivity index (χ3n) is 3.65. The van der Waals surface area contributed by atoms with Crippen LogP contribution in [0, 0.1) is 0 Å². The Morgan fingerprint density at radius 1 is 1.27 bits per heavy atom. The summed E-state index contributed by atoms with van der Waals surface area (Å²) in [5.41, 5.74) is 2.13. The Hall–Kier alpha value is -1.15. The standard InChI is InChI=1S/C14H13BrClN3O2S/c15-11-3-4-12(16)10-8-19(7-5-9(10)11)14-13(22(17,20)21)2-1-6-18-14/h1-4,6H,5,7-8H2,(H2,17,20,21). The summed E-state index contributed by atoms with van der Waals surface area (Å²) in [5, 5.41) is 5.95. The van der Waals surface area contributed by atoms with Gasteiger partial charge in [-0.1, -0.05) is 27.5 Å². The van der Waals surface area contributed by atoms with Crippen LogP contribution >= 0.6 is 27.5 Å². The SMILES string of the molecule is NS(=O)(=O)c1cccnc1N1CCc2c(Br)ccc(Cl)c2C1. The van der Waals surface area contributed by atoms with E-state index in [4.69, 9.17) is 16.7 Å². The van der Waals surface area contributed by atoms with Gasteiger partial charge in [-0.3, -0.25) is 0 Å². The minimum atomic E-state index is -3.82. The van der Waals surface area contributed by atoms with Gasteiger partial charge in [0.15, 0.2) is 0 Å². The molecule has 0 bridgehead atoms. The van der Waals surface area contributed by atoms with Crippen molar-refractivity contribution in [2.24, 2.45) is 5.14 Å². The Balaban J connectivity index is 2.05. The van der Waals surface area contributed by atoms with Crippen molar-refractivity contribution in [3.8, 4) is 0 Å². The molecule has 2 aromatic rings. The summed E-state index contributed by atoms with van der Waals surface area (Å²) in [7, 11) is -3.82. The first-order chi connectivity index (χ1) is 10.4. The molecule has 3 rings (SSSR count). The zero-order chi connectivity index (χ0) is 15.9. The molecule has 116 valence electrons. The Morgan fingerprint density at radius 2 is 2.05 bits per heavy atom. The summed E-state index contributed by atoms with van der Waals surface area (Å²) in [6.45, 7) is 1.14. The summed E-state index contributed by atoms with van der Waals surface area (Å²) >= 11 is 9.82. The Morgan fingerprint density at radius 3 is 2.77 bits per heavy atom. The maximum atomic E-state index is 11.7. The van der Waals surface area contributed by atoms with Gasteiger partial charge in [-0.05, 0) is 41.8 Å². The zero-order valence-electron chi connectivity index (χ0n) is 11.5. The number of halogens is 2. The molecule has 0 atom stereocenters. The molecule has 0 unspecified atom stereocenters. The average molecular weight is 403 g/mol. The quantitative estimate of drug-likeness (QED) is 0.838. The molecule has 1 aliphatic rings. The van der Waals surface area contributed by atoms with Crippen LogP contribution in [0.3, 0.4) is 0 Å². The third-order valence-corrected chi connectivity index (χ3v) is 5.68. The number of hydrogen-bond donors (Lipinski definition) is 1. The molecule has 0 saturated heterocycles. The number of nitrogens with two attached hydrogens (primary N) is 1. The highest BCUT2D eigenvalue weighted by Gasteiger charge is 2.25. The maximum Gasteiger partial charge on any atom is 0.241 e. The molecule has 1 aromatic heterocycles. The van der Waals surface area contributed by atoms with Gasteiger partial charge in [0.2, 0.25) is 10.0 Å². The van der Waals surface area contributed by atoms with Gasteiger partial charge in [-0.15, -0.1) is 0 Å². The normalized spacial score (nSPS) is 14.8. The number of anilines is 1. The number of nitrogens with zero attached hydrogens (tertiary/aromatic N) is 2. The molecule has 0 spiro atoms. The van der Waals surface area contributed by atoms with Crippen LogP contribution < -0.4 is 10.0 Å². The highest BCUT2D eigenvalue weighted by molar-refractivity contribution is 9.10. The first-order valence-electron chi connectivity index (χ1n) is 6.56. The first-order valence-corrected chi connectivity index (χ1v) is 9.28. The summed E-state index contributed by atoms with van der Waals surface area (Å²) < 4.78 is 24.5. The van der Waals surface area contributed by atoms with E-state index < -0.39 is 10.0 Å². The summed E-state index contributed by atoms with van der Waals surface area (Å²) in [6, 6.07) is 6.78. The van der Waals surface area contributed by atoms with Crippen molar-refractivity contribution in [3.05, 3.63) is 51.1 Å². The van der Waals surface area contributed by atoms with E-state index in [1.807, 2.05) is 17.0 Å². The number of fused-ring (bicyclic) bond motifs is 1. The summed E-state index contributed by atoms with van der Waals surface area (Å²) in [6.07, 6.45) is 2.30. The number of rotatable bonds is 2. The fraction of sp³-hybridized carbons (Fsp3) is 0.214. The highest BCUT2D eigenvalue weighted by atomic mass is 79.9. The highest BCUT2D eigenvalue weighted by Crippen LogP contribution is 2.34. The van der Waals surface area contributed by atoms with Gasteiger partial charge in [0.05, 0.1) is 0 Å². The minimum Gasteiger partial charge on any atom is -0.351 e. The van der Waals surface area contributed by atoms with Gasteiger partial charge >= 0.3 is 0 Å². The van der Waals surface area contributed by atoms with Crippen molar-refractivity contribution in [2.45, 2.75) is 17.9 Å². The van der Waals surface area contributed by atoms with Crippen LogP contribution in [0.2, 0.25) is 5.02 Å². The fourth-order valence-corrected chi connectivity index (χ4v) is 4.13. The fourth-order valence-electron chi connectivity index (χ4n) is 2.62. The van der Waals surface area contributed by atoms with Gasteiger partial charge in [0.25, 0.3) is 0 Å². The van der Waals surface area contributed by atoms with Crippen LogP contribution in [0.5, 0.6) is 0 Å². The molecule has 1 aromatic carbocycles. The van der Waals surface area contributed by atoms with Crippen LogP contribution in [0.1, 0.15) is 11.1 Å². The van der Waals surface area contributed by atoms with Crippen molar-refractivity contribution in [1.82, 2.24) is 4.98 Å². The Labute approximate surface area is 142 Å². The van der Waals surface area contributed by atoms with Crippen LogP contribution in [-0.4, -0.2) is 19.9 Å². The van der Waals surface area contributed by atoms with Gasteiger partial charge in [-0.25, -0.2) is 18.5 Å². The van der Waals surface area contributed by atoms with E-state index in [-0.39, 0.29) is 4.90 Å². The molecule has 0 fully saturated rings. The van der Waals surface area contributed by atoms with Gasteiger partial charge < -0.3 is 4.90 Å². The van der Waals surface area contributed by atoms with E-state index in [1.165, 1.54) is 6.07 Å². The smallest absolute Gasteiger partial charge is 0.241 e. The Bertz CT molecular complexity index is 842. The molecule has 0 saturated carbocycles. The van der Waals surface area contributed by atoms with E-state index in [9.17, 15) is 8.42 Å². The first kappa shape index (κ1) is 15.7. The summed E-state index contributed by atoms with van der Waals surface area (Å²) in [5.74, 6) is 0.367. The van der Waals surface area contributed by atoms with Crippen LogP contribution in [-0.2, 0) is 23.0 Å². The van der Waals surface area contributed by atoms with Gasteiger partial charge in [-0.2, -0.15) is 0 Å². The predicted molar refractivity (Wildman–Crippen MR) is 89.5 cm³/mol. The van der Waals surface area contributed by atoms with Crippen LogP contribution in [0.15, 0.2) is 39.8 Å². The maximum absolute atomic E-state index is 11.7. The van der Waals surface area contributed by atoms with Crippen LogP contribution in [0.25, 0.3) is 0 Å². The van der Waals surface area contributed by atoms with E-state index in [2.05, 4.69) is 20.9 Å². The number of sulfonamides is 1. The number of hydrogen-bond acceptors (Lipinski definition) is 4. The van der Waals surface area contributed by atoms with Crippen LogP contribution in [0.4, 0.5) is 5.82 Å². The second-order valence-electron chi connectivity index (χ2n) is 5.03. The number of aromatic nitrogens is 1. The van der Waals surface area contributed by atoms with Crippen molar-refractivity contribution in [2.75, 3.05) is 11.4 Å². The third kappa shape index (κ3) is 2.86.